The lowest BCUT2D eigenvalue weighted by molar-refractivity contribution is 0.313. The van der Waals surface area contributed by atoms with Crippen LogP contribution in [0.5, 0.6) is 11.5 Å². The maximum atomic E-state index is 5.65. The second-order valence-electron chi connectivity index (χ2n) is 3.61. The maximum absolute atomic E-state index is 5.65. The molecule has 2 rings (SSSR count). The monoisotopic (exact) mass is 208 g/mol. The van der Waals surface area contributed by atoms with Crippen LogP contribution in [-0.4, -0.2) is 13.7 Å². The minimum atomic E-state index is 0.174. The van der Waals surface area contributed by atoms with Crippen LogP contribution in [0.4, 0.5) is 0 Å². The fourth-order valence-electron chi connectivity index (χ4n) is 1.85. The lowest BCUT2D eigenvalue weighted by Crippen LogP contribution is -2.27. The smallest absolute Gasteiger partial charge is 0.127 e. The van der Waals surface area contributed by atoms with Gasteiger partial charge in [-0.3, -0.25) is 11.3 Å². The van der Waals surface area contributed by atoms with E-state index in [0.29, 0.717) is 0 Å². The Morgan fingerprint density at radius 2 is 2.40 bits per heavy atom. The molecule has 1 atom stereocenters. The summed E-state index contributed by atoms with van der Waals surface area (Å²) in [5.74, 6) is 7.20. The summed E-state index contributed by atoms with van der Waals surface area (Å²) in [5, 5.41) is 0. The summed E-state index contributed by atoms with van der Waals surface area (Å²) in [5.41, 5.74) is 3.92. The van der Waals surface area contributed by atoms with E-state index in [0.717, 1.165) is 36.5 Å². The number of hydrogen-bond acceptors (Lipinski definition) is 4. The van der Waals surface area contributed by atoms with Gasteiger partial charge in [-0.1, -0.05) is 6.07 Å². The van der Waals surface area contributed by atoms with Gasteiger partial charge < -0.3 is 9.47 Å². The summed E-state index contributed by atoms with van der Waals surface area (Å²) in [4.78, 5) is 0. The molecule has 3 N–H and O–H groups in total. The molecule has 15 heavy (non-hydrogen) atoms. The molecule has 0 aromatic heterocycles. The molecule has 1 aliphatic heterocycles. The van der Waals surface area contributed by atoms with Crippen LogP contribution in [-0.2, 0) is 0 Å². The number of hydrazine groups is 1. The van der Waals surface area contributed by atoms with Gasteiger partial charge in [0.2, 0.25) is 0 Å². The molecule has 1 heterocycles. The summed E-state index contributed by atoms with van der Waals surface area (Å²) in [6, 6.07) is 6.01. The third-order valence-corrected chi connectivity index (χ3v) is 2.69. The van der Waals surface area contributed by atoms with Gasteiger partial charge >= 0.3 is 0 Å². The van der Waals surface area contributed by atoms with E-state index in [9.17, 15) is 0 Å². The second kappa shape index (κ2) is 4.51. The molecule has 0 saturated heterocycles. The maximum Gasteiger partial charge on any atom is 0.127 e. The van der Waals surface area contributed by atoms with Crippen molar-refractivity contribution in [1.82, 2.24) is 5.43 Å². The van der Waals surface area contributed by atoms with Crippen molar-refractivity contribution < 1.29 is 9.47 Å². The zero-order valence-corrected chi connectivity index (χ0v) is 8.82. The molecule has 0 radical (unpaired) electrons. The number of ether oxygens (including phenoxy) is 2. The summed E-state index contributed by atoms with van der Waals surface area (Å²) in [6.45, 7) is 0.734. The molecular formula is C11H16N2O2. The predicted octanol–water partition coefficient (Wildman–Crippen LogP) is 1.37. The summed E-state index contributed by atoms with van der Waals surface area (Å²) in [7, 11) is 1.65. The molecule has 0 aliphatic carbocycles. The molecule has 82 valence electrons. The first-order valence-corrected chi connectivity index (χ1v) is 5.12. The fraction of sp³-hybridized carbons (Fsp3) is 0.455. The first kappa shape index (κ1) is 10.3. The molecule has 1 aromatic rings. The lowest BCUT2D eigenvalue weighted by Gasteiger charge is -2.15. The van der Waals surface area contributed by atoms with Gasteiger partial charge in [0.05, 0.1) is 13.7 Å². The van der Waals surface area contributed by atoms with Crippen molar-refractivity contribution in [3.8, 4) is 11.5 Å². The molecule has 0 bridgehead atoms. The molecule has 0 fully saturated rings. The topological polar surface area (TPSA) is 56.5 Å². The Labute approximate surface area is 89.3 Å². The van der Waals surface area contributed by atoms with Crippen molar-refractivity contribution in [3.05, 3.63) is 23.8 Å². The Bertz CT molecular complexity index is 341. The number of rotatable bonds is 2. The lowest BCUT2D eigenvalue weighted by atomic mass is 10.0. The Kier molecular flexibility index (Phi) is 3.08. The van der Waals surface area contributed by atoms with Gasteiger partial charge in [-0.05, 0) is 18.9 Å². The van der Waals surface area contributed by atoms with Gasteiger partial charge in [0.1, 0.15) is 11.5 Å². The number of hydrogen-bond donors (Lipinski definition) is 2. The Hall–Kier alpha value is -1.26. The quantitative estimate of drug-likeness (QED) is 0.569. The zero-order valence-electron chi connectivity index (χ0n) is 8.82. The fourth-order valence-corrected chi connectivity index (χ4v) is 1.85. The summed E-state index contributed by atoms with van der Waals surface area (Å²) in [6.07, 6.45) is 2.00. The third kappa shape index (κ3) is 2.06. The zero-order chi connectivity index (χ0) is 10.7. The second-order valence-corrected chi connectivity index (χ2v) is 3.61. The van der Waals surface area contributed by atoms with Gasteiger partial charge in [-0.2, -0.15) is 0 Å². The van der Waals surface area contributed by atoms with Crippen LogP contribution in [0.1, 0.15) is 24.4 Å². The SMILES string of the molecule is COc1ccc2c(c1)OCCCC2NN. The Balaban J connectivity index is 2.36. The average Bonchev–Trinajstić information content (AvgIpc) is 2.49. The summed E-state index contributed by atoms with van der Waals surface area (Å²) < 4.78 is 10.8. The number of nitrogens with two attached hydrogens (primary N) is 1. The van der Waals surface area contributed by atoms with E-state index in [-0.39, 0.29) is 6.04 Å². The van der Waals surface area contributed by atoms with Crippen molar-refractivity contribution >= 4 is 0 Å². The highest BCUT2D eigenvalue weighted by molar-refractivity contribution is 5.42. The van der Waals surface area contributed by atoms with Crippen LogP contribution < -0.4 is 20.7 Å². The molecule has 4 nitrogen and oxygen atoms in total. The van der Waals surface area contributed by atoms with Crippen molar-refractivity contribution in [2.75, 3.05) is 13.7 Å². The summed E-state index contributed by atoms with van der Waals surface area (Å²) >= 11 is 0. The number of methoxy groups -OCH3 is 1. The van der Waals surface area contributed by atoms with Crippen LogP contribution in [0.25, 0.3) is 0 Å². The van der Waals surface area contributed by atoms with Gasteiger partial charge in [0.15, 0.2) is 0 Å². The van der Waals surface area contributed by atoms with E-state index in [1.54, 1.807) is 7.11 Å². The highest BCUT2D eigenvalue weighted by atomic mass is 16.5. The number of nitrogens with one attached hydrogen (secondary N) is 1. The first-order chi connectivity index (χ1) is 7.35. The predicted molar refractivity (Wildman–Crippen MR) is 57.8 cm³/mol. The minimum Gasteiger partial charge on any atom is -0.497 e. The van der Waals surface area contributed by atoms with Gasteiger partial charge in [0.25, 0.3) is 0 Å². The Morgan fingerprint density at radius 3 is 3.13 bits per heavy atom. The van der Waals surface area contributed by atoms with E-state index in [4.69, 9.17) is 15.3 Å². The third-order valence-electron chi connectivity index (χ3n) is 2.69. The molecule has 1 aromatic carbocycles. The van der Waals surface area contributed by atoms with Crippen LogP contribution in [0.3, 0.4) is 0 Å². The van der Waals surface area contributed by atoms with Gasteiger partial charge in [-0.15, -0.1) is 0 Å². The Morgan fingerprint density at radius 1 is 1.53 bits per heavy atom. The highest BCUT2D eigenvalue weighted by Crippen LogP contribution is 2.33. The van der Waals surface area contributed by atoms with E-state index >= 15 is 0 Å². The van der Waals surface area contributed by atoms with Crippen LogP contribution in [0, 0.1) is 0 Å². The molecule has 4 heteroatoms. The van der Waals surface area contributed by atoms with Gasteiger partial charge in [-0.25, -0.2) is 0 Å². The minimum absolute atomic E-state index is 0.174. The molecule has 0 saturated carbocycles. The normalized spacial score (nSPS) is 20.0. The first-order valence-electron chi connectivity index (χ1n) is 5.12. The van der Waals surface area contributed by atoms with E-state index in [1.807, 2.05) is 18.2 Å². The molecule has 1 aliphatic rings. The van der Waals surface area contributed by atoms with Crippen LogP contribution >= 0.6 is 0 Å². The number of fused-ring (bicyclic) bond motifs is 1. The van der Waals surface area contributed by atoms with Crippen molar-refractivity contribution in [3.63, 3.8) is 0 Å². The van der Waals surface area contributed by atoms with Crippen LogP contribution in [0.2, 0.25) is 0 Å². The molecular weight excluding hydrogens is 192 g/mol. The molecule has 0 amide bonds. The average molecular weight is 208 g/mol. The van der Waals surface area contributed by atoms with Crippen molar-refractivity contribution in [2.45, 2.75) is 18.9 Å². The molecule has 0 spiro atoms. The van der Waals surface area contributed by atoms with Crippen molar-refractivity contribution in [2.24, 2.45) is 5.84 Å². The van der Waals surface area contributed by atoms with Crippen LogP contribution in [0.15, 0.2) is 18.2 Å². The highest BCUT2D eigenvalue weighted by Gasteiger charge is 2.18. The largest absolute Gasteiger partial charge is 0.497 e. The van der Waals surface area contributed by atoms with E-state index < -0.39 is 0 Å². The molecule has 1 unspecified atom stereocenters. The van der Waals surface area contributed by atoms with Crippen molar-refractivity contribution in [1.29, 1.82) is 0 Å². The van der Waals surface area contributed by atoms with E-state index in [1.165, 1.54) is 0 Å². The van der Waals surface area contributed by atoms with E-state index in [2.05, 4.69) is 5.43 Å². The standard InChI is InChI=1S/C11H16N2O2/c1-14-8-4-5-9-10(13-12)3-2-6-15-11(9)7-8/h4-5,7,10,13H,2-3,6,12H2,1H3. The van der Waals surface area contributed by atoms with Gasteiger partial charge in [0, 0.05) is 17.7 Å². The number of benzene rings is 1.